The van der Waals surface area contributed by atoms with E-state index in [4.69, 9.17) is 17.3 Å². The normalized spacial score (nSPS) is 13.9. The lowest BCUT2D eigenvalue weighted by Crippen LogP contribution is -2.15. The van der Waals surface area contributed by atoms with Gasteiger partial charge in [0.05, 0.1) is 5.71 Å². The number of nitrogen functional groups attached to an aromatic ring is 1. The summed E-state index contributed by atoms with van der Waals surface area (Å²) >= 11 is 6.05. The van der Waals surface area contributed by atoms with E-state index in [-0.39, 0.29) is 0 Å². The van der Waals surface area contributed by atoms with Crippen LogP contribution in [0.5, 0.6) is 0 Å². The number of benzene rings is 2. The van der Waals surface area contributed by atoms with E-state index in [1.54, 1.807) is 6.07 Å². The lowest BCUT2D eigenvalue weighted by molar-refractivity contribution is 0.944. The maximum Gasteiger partial charge on any atom is 0.0743 e. The highest BCUT2D eigenvalue weighted by Crippen LogP contribution is 2.25. The van der Waals surface area contributed by atoms with Gasteiger partial charge in [-0.2, -0.15) is 0 Å². The number of anilines is 1. The highest BCUT2D eigenvalue weighted by Gasteiger charge is 2.17. The molecule has 0 aromatic heterocycles. The summed E-state index contributed by atoms with van der Waals surface area (Å²) in [6.07, 6.45) is 0.986. The minimum Gasteiger partial charge on any atom is -0.398 e. The number of nitrogens with two attached hydrogens (primary N) is 1. The van der Waals surface area contributed by atoms with Crippen molar-refractivity contribution in [2.24, 2.45) is 4.99 Å². The van der Waals surface area contributed by atoms with Crippen LogP contribution in [0.15, 0.2) is 47.5 Å². The van der Waals surface area contributed by atoms with Gasteiger partial charge in [-0.15, -0.1) is 0 Å². The van der Waals surface area contributed by atoms with Crippen LogP contribution in [-0.4, -0.2) is 12.3 Å². The molecule has 1 heterocycles. The van der Waals surface area contributed by atoms with Gasteiger partial charge in [0.25, 0.3) is 0 Å². The number of aliphatic imine (C=N–C) groups is 1. The molecule has 0 spiro atoms. The molecule has 0 saturated carbocycles. The molecule has 3 heteroatoms. The van der Waals surface area contributed by atoms with Crippen LogP contribution in [0.4, 0.5) is 5.69 Å². The van der Waals surface area contributed by atoms with E-state index >= 15 is 0 Å². The zero-order chi connectivity index (χ0) is 12.5. The van der Waals surface area contributed by atoms with Crippen molar-refractivity contribution in [3.63, 3.8) is 0 Å². The Hall–Kier alpha value is -1.80. The van der Waals surface area contributed by atoms with Crippen molar-refractivity contribution in [3.05, 3.63) is 64.2 Å². The number of hydrogen-bond donors (Lipinski definition) is 1. The van der Waals surface area contributed by atoms with Crippen LogP contribution in [0.1, 0.15) is 16.7 Å². The Balaban J connectivity index is 2.18. The lowest BCUT2D eigenvalue weighted by atomic mass is 9.93. The number of halogens is 1. The number of hydrogen-bond acceptors (Lipinski definition) is 2. The zero-order valence-electron chi connectivity index (χ0n) is 9.86. The summed E-state index contributed by atoms with van der Waals surface area (Å²) in [6.45, 7) is 0.804. The van der Waals surface area contributed by atoms with Gasteiger partial charge in [-0.05, 0) is 30.2 Å². The fourth-order valence-electron chi connectivity index (χ4n) is 2.31. The van der Waals surface area contributed by atoms with Crippen LogP contribution in [-0.2, 0) is 6.42 Å². The summed E-state index contributed by atoms with van der Waals surface area (Å²) in [5.41, 5.74) is 11.1. The second-order valence-electron chi connectivity index (χ2n) is 4.37. The average Bonchev–Trinajstić information content (AvgIpc) is 2.41. The molecule has 0 atom stereocenters. The van der Waals surface area contributed by atoms with Crippen LogP contribution in [0.25, 0.3) is 0 Å². The van der Waals surface area contributed by atoms with Crippen LogP contribution in [0.2, 0.25) is 5.02 Å². The molecule has 0 bridgehead atoms. The number of nitrogens with zero attached hydrogens (tertiary/aromatic N) is 1. The summed E-state index contributed by atoms with van der Waals surface area (Å²) in [7, 11) is 0. The quantitative estimate of drug-likeness (QED) is 0.781. The maximum absolute atomic E-state index is 6.05. The molecule has 0 saturated heterocycles. The van der Waals surface area contributed by atoms with Crippen LogP contribution < -0.4 is 5.73 Å². The first-order chi connectivity index (χ1) is 8.75. The minimum atomic E-state index is 0.685. The summed E-state index contributed by atoms with van der Waals surface area (Å²) in [5, 5.41) is 0.685. The molecule has 1 aliphatic rings. The maximum atomic E-state index is 6.05. The van der Waals surface area contributed by atoms with Crippen molar-refractivity contribution in [1.29, 1.82) is 0 Å². The Morgan fingerprint density at radius 1 is 1.06 bits per heavy atom. The fourth-order valence-corrected chi connectivity index (χ4v) is 2.48. The molecule has 3 rings (SSSR count). The number of fused-ring (bicyclic) bond motifs is 1. The molecule has 90 valence electrons. The monoisotopic (exact) mass is 256 g/mol. The lowest BCUT2D eigenvalue weighted by Gasteiger charge is -2.18. The van der Waals surface area contributed by atoms with Gasteiger partial charge >= 0.3 is 0 Å². The van der Waals surface area contributed by atoms with Gasteiger partial charge in [0.2, 0.25) is 0 Å². The molecule has 2 nitrogen and oxygen atoms in total. The SMILES string of the molecule is Nc1ccc(Cl)cc1C1=NCCc2ccccc21. The van der Waals surface area contributed by atoms with Gasteiger partial charge in [-0.3, -0.25) is 4.99 Å². The highest BCUT2D eigenvalue weighted by molar-refractivity contribution is 6.31. The molecule has 1 aliphatic heterocycles. The summed E-state index contributed by atoms with van der Waals surface area (Å²) in [5.74, 6) is 0. The molecule has 18 heavy (non-hydrogen) atoms. The molecule has 0 unspecified atom stereocenters. The first-order valence-corrected chi connectivity index (χ1v) is 6.31. The van der Waals surface area contributed by atoms with E-state index in [1.807, 2.05) is 18.2 Å². The van der Waals surface area contributed by atoms with Crippen molar-refractivity contribution < 1.29 is 0 Å². The Morgan fingerprint density at radius 3 is 2.78 bits per heavy atom. The van der Waals surface area contributed by atoms with Crippen molar-refractivity contribution in [2.45, 2.75) is 6.42 Å². The Bertz CT molecular complexity index is 632. The van der Waals surface area contributed by atoms with Gasteiger partial charge in [-0.25, -0.2) is 0 Å². The molecule has 0 fully saturated rings. The third-order valence-corrected chi connectivity index (χ3v) is 3.43. The van der Waals surface area contributed by atoms with E-state index in [2.05, 4.69) is 23.2 Å². The molecule has 0 amide bonds. The smallest absolute Gasteiger partial charge is 0.0743 e. The highest BCUT2D eigenvalue weighted by atomic mass is 35.5. The molecular weight excluding hydrogens is 244 g/mol. The van der Waals surface area contributed by atoms with E-state index in [9.17, 15) is 0 Å². The van der Waals surface area contributed by atoms with E-state index in [0.29, 0.717) is 5.02 Å². The Kier molecular flexibility index (Phi) is 2.80. The van der Waals surface area contributed by atoms with E-state index < -0.39 is 0 Å². The second-order valence-corrected chi connectivity index (χ2v) is 4.81. The fraction of sp³-hybridized carbons (Fsp3) is 0.133. The number of rotatable bonds is 1. The van der Waals surface area contributed by atoms with Crippen molar-refractivity contribution >= 4 is 23.0 Å². The van der Waals surface area contributed by atoms with Gasteiger partial charge in [0.1, 0.15) is 0 Å². The van der Waals surface area contributed by atoms with Gasteiger partial charge in [-0.1, -0.05) is 35.9 Å². The molecule has 2 N–H and O–H groups in total. The summed E-state index contributed by atoms with van der Waals surface area (Å²) in [6, 6.07) is 13.8. The molecular formula is C15H13ClN2. The largest absolute Gasteiger partial charge is 0.398 e. The first kappa shape index (κ1) is 11.3. The predicted molar refractivity (Wildman–Crippen MR) is 76.5 cm³/mol. The van der Waals surface area contributed by atoms with Crippen molar-refractivity contribution in [2.75, 3.05) is 12.3 Å². The first-order valence-electron chi connectivity index (χ1n) is 5.94. The van der Waals surface area contributed by atoms with Crippen molar-refractivity contribution in [3.8, 4) is 0 Å². The molecule has 2 aromatic carbocycles. The van der Waals surface area contributed by atoms with E-state index in [1.165, 1.54) is 5.56 Å². The molecule has 0 aliphatic carbocycles. The van der Waals surface area contributed by atoms with Gasteiger partial charge in [0.15, 0.2) is 0 Å². The summed E-state index contributed by atoms with van der Waals surface area (Å²) < 4.78 is 0. The standard InChI is InChI=1S/C15H13ClN2/c16-11-5-6-14(17)13(9-11)15-12-4-2-1-3-10(12)7-8-18-15/h1-6,9H,7-8,17H2. The molecule has 2 aromatic rings. The van der Waals surface area contributed by atoms with Crippen molar-refractivity contribution in [1.82, 2.24) is 0 Å². The second kappa shape index (κ2) is 4.46. The van der Waals surface area contributed by atoms with Crippen LogP contribution in [0.3, 0.4) is 0 Å². The zero-order valence-corrected chi connectivity index (χ0v) is 10.6. The Labute approximate surface area is 111 Å². The van der Waals surface area contributed by atoms with Gasteiger partial charge < -0.3 is 5.73 Å². The van der Waals surface area contributed by atoms with Crippen LogP contribution in [0, 0.1) is 0 Å². The topological polar surface area (TPSA) is 38.4 Å². The average molecular weight is 257 g/mol. The third-order valence-electron chi connectivity index (χ3n) is 3.19. The summed E-state index contributed by atoms with van der Waals surface area (Å²) in [4.78, 5) is 4.62. The Morgan fingerprint density at radius 2 is 1.89 bits per heavy atom. The predicted octanol–water partition coefficient (Wildman–Crippen LogP) is 3.32. The van der Waals surface area contributed by atoms with E-state index in [0.717, 1.165) is 35.5 Å². The third kappa shape index (κ3) is 1.89. The minimum absolute atomic E-state index is 0.685. The van der Waals surface area contributed by atoms with Gasteiger partial charge in [0, 0.05) is 28.4 Å². The molecule has 0 radical (unpaired) electrons. The van der Waals surface area contributed by atoms with Crippen LogP contribution >= 0.6 is 11.6 Å².